The number of aliphatic hydroxyl groups is 1. The normalized spacial score (nSPS) is 12.5. The van der Waals surface area contributed by atoms with Crippen molar-refractivity contribution in [1.82, 2.24) is 0 Å². The van der Waals surface area contributed by atoms with Gasteiger partial charge in [-0.25, -0.2) is 0 Å². The predicted octanol–water partition coefficient (Wildman–Crippen LogP) is 5.37. The van der Waals surface area contributed by atoms with Crippen molar-refractivity contribution in [2.45, 2.75) is 38.6 Å². The zero-order valence-electron chi connectivity index (χ0n) is 21.7. The zero-order valence-corrected chi connectivity index (χ0v) is 21.7. The molecule has 0 radical (unpaired) electrons. The van der Waals surface area contributed by atoms with Gasteiger partial charge < -0.3 is 33.5 Å². The molecule has 0 bridgehead atoms. The fourth-order valence-corrected chi connectivity index (χ4v) is 3.92. The Kier molecular flexibility index (Phi) is 10.3. The lowest BCUT2D eigenvalue weighted by Gasteiger charge is -2.23. The van der Waals surface area contributed by atoms with Gasteiger partial charge in [0.1, 0.15) is 12.2 Å². The van der Waals surface area contributed by atoms with Crippen molar-refractivity contribution in [2.75, 3.05) is 35.0 Å². The van der Waals surface area contributed by atoms with E-state index in [2.05, 4.69) is 12.1 Å². The molecule has 1 unspecified atom stereocenters. The molecule has 2 atom stereocenters. The number of aliphatic hydroxyl groups excluding tert-OH is 1. The third-order valence-electron chi connectivity index (χ3n) is 5.88. The lowest BCUT2D eigenvalue weighted by molar-refractivity contribution is 0.0448. The highest BCUT2D eigenvalue weighted by molar-refractivity contribution is 5.54. The second-order valence-corrected chi connectivity index (χ2v) is 8.35. The Morgan fingerprint density at radius 2 is 1.39 bits per heavy atom. The van der Waals surface area contributed by atoms with Gasteiger partial charge in [0, 0.05) is 6.61 Å². The van der Waals surface area contributed by atoms with Gasteiger partial charge >= 0.3 is 0 Å². The molecule has 3 aromatic rings. The molecule has 3 aromatic carbocycles. The molecule has 0 fully saturated rings. The first-order chi connectivity index (χ1) is 17.5. The first-order valence-corrected chi connectivity index (χ1v) is 11.9. The molecule has 7 nitrogen and oxygen atoms in total. The van der Waals surface area contributed by atoms with Crippen LogP contribution in [0.25, 0.3) is 0 Å². The van der Waals surface area contributed by atoms with Crippen molar-refractivity contribution < 1.29 is 33.5 Å². The zero-order chi connectivity index (χ0) is 25.9. The van der Waals surface area contributed by atoms with Gasteiger partial charge in [-0.3, -0.25) is 0 Å². The highest BCUT2D eigenvalue weighted by Crippen LogP contribution is 2.41. The van der Waals surface area contributed by atoms with Gasteiger partial charge in [-0.2, -0.15) is 0 Å². The van der Waals surface area contributed by atoms with Crippen LogP contribution in [0.15, 0.2) is 60.7 Å². The van der Waals surface area contributed by atoms with E-state index >= 15 is 0 Å². The maximum absolute atomic E-state index is 11.0. The molecule has 0 saturated heterocycles. The monoisotopic (exact) mass is 496 g/mol. The van der Waals surface area contributed by atoms with E-state index < -0.39 is 12.2 Å². The topological polar surface area (TPSA) is 75.6 Å². The second kappa shape index (κ2) is 13.6. The highest BCUT2D eigenvalue weighted by atomic mass is 16.5. The summed E-state index contributed by atoms with van der Waals surface area (Å²) in [7, 11) is 6.22. The number of hydrogen-bond acceptors (Lipinski definition) is 7. The van der Waals surface area contributed by atoms with E-state index in [0.29, 0.717) is 47.5 Å². The summed E-state index contributed by atoms with van der Waals surface area (Å²) in [5.41, 5.74) is 2.88. The average molecular weight is 497 g/mol. The van der Waals surface area contributed by atoms with Gasteiger partial charge in [-0.05, 0) is 60.7 Å². The first kappa shape index (κ1) is 27.2. The Morgan fingerprint density at radius 1 is 0.722 bits per heavy atom. The molecule has 0 spiro atoms. The quantitative estimate of drug-likeness (QED) is 0.301. The van der Waals surface area contributed by atoms with Crippen molar-refractivity contribution in [3.05, 3.63) is 77.4 Å². The number of ether oxygens (including phenoxy) is 6. The van der Waals surface area contributed by atoms with Crippen LogP contribution in [0, 0.1) is 0 Å². The number of methoxy groups -OCH3 is 4. The Hall–Kier alpha value is -3.42. The van der Waals surface area contributed by atoms with Crippen LogP contribution in [0.5, 0.6) is 28.7 Å². The molecule has 3 rings (SSSR count). The molecule has 0 aliphatic heterocycles. The van der Waals surface area contributed by atoms with Crippen LogP contribution in [0.2, 0.25) is 0 Å². The number of hydrogen-bond donors (Lipinski definition) is 1. The van der Waals surface area contributed by atoms with Crippen LogP contribution in [0.3, 0.4) is 0 Å². The molecule has 0 heterocycles. The minimum absolute atomic E-state index is 0.465. The molecule has 194 valence electrons. The molecule has 0 aliphatic rings. The summed E-state index contributed by atoms with van der Waals surface area (Å²) >= 11 is 0. The van der Waals surface area contributed by atoms with E-state index in [1.54, 1.807) is 26.2 Å². The maximum Gasteiger partial charge on any atom is 0.203 e. The minimum Gasteiger partial charge on any atom is -0.493 e. The van der Waals surface area contributed by atoms with E-state index in [1.807, 2.05) is 36.4 Å². The van der Waals surface area contributed by atoms with Gasteiger partial charge in [0.25, 0.3) is 0 Å². The summed E-state index contributed by atoms with van der Waals surface area (Å²) in [6.45, 7) is 3.09. The Bertz CT molecular complexity index is 1060. The fraction of sp³-hybridized carbons (Fsp3) is 0.379. The average Bonchev–Trinajstić information content (AvgIpc) is 2.92. The lowest BCUT2D eigenvalue weighted by Crippen LogP contribution is -2.22. The summed E-state index contributed by atoms with van der Waals surface area (Å²) in [5.74, 6) is 2.56. The van der Waals surface area contributed by atoms with Crippen LogP contribution in [-0.4, -0.2) is 46.3 Å². The number of rotatable bonds is 14. The lowest BCUT2D eigenvalue weighted by atomic mass is 10.0. The van der Waals surface area contributed by atoms with Crippen molar-refractivity contribution in [3.63, 3.8) is 0 Å². The maximum atomic E-state index is 11.0. The van der Waals surface area contributed by atoms with Crippen molar-refractivity contribution in [2.24, 2.45) is 0 Å². The van der Waals surface area contributed by atoms with Crippen LogP contribution in [-0.2, 0) is 17.8 Å². The molecular formula is C29H36O7. The third-order valence-corrected chi connectivity index (χ3v) is 5.88. The number of benzene rings is 3. The third kappa shape index (κ3) is 7.06. The fourth-order valence-electron chi connectivity index (χ4n) is 3.92. The van der Waals surface area contributed by atoms with Gasteiger partial charge in [-0.15, -0.1) is 0 Å². The standard InChI is InChI=1S/C29H36O7/c1-20(28(30)23-17-26(32-3)29(34-5)27(18-23)33-4)36-24-14-13-21(16-25(24)31-2)12-9-15-35-19-22-10-7-6-8-11-22/h6-8,10-11,13-14,16-18,20,28,30H,9,12,15,19H2,1-5H3/t20-,28?/m1/s1. The van der Waals surface area contributed by atoms with Gasteiger partial charge in [0.2, 0.25) is 5.75 Å². The van der Waals surface area contributed by atoms with E-state index in [9.17, 15) is 5.11 Å². The molecule has 0 amide bonds. The smallest absolute Gasteiger partial charge is 0.203 e. The van der Waals surface area contributed by atoms with Crippen LogP contribution in [0.1, 0.15) is 36.1 Å². The molecule has 36 heavy (non-hydrogen) atoms. The van der Waals surface area contributed by atoms with Crippen LogP contribution < -0.4 is 23.7 Å². The Balaban J connectivity index is 1.60. The van der Waals surface area contributed by atoms with Crippen LogP contribution >= 0.6 is 0 Å². The molecule has 0 aliphatic carbocycles. The molecule has 1 N–H and O–H groups in total. The molecule has 0 aromatic heterocycles. The van der Waals surface area contributed by atoms with Crippen molar-refractivity contribution in [1.29, 1.82) is 0 Å². The van der Waals surface area contributed by atoms with Crippen LogP contribution in [0.4, 0.5) is 0 Å². The van der Waals surface area contributed by atoms with Gasteiger partial charge in [-0.1, -0.05) is 36.4 Å². The van der Waals surface area contributed by atoms with Crippen molar-refractivity contribution in [3.8, 4) is 28.7 Å². The summed E-state index contributed by atoms with van der Waals surface area (Å²) < 4.78 is 33.6. The summed E-state index contributed by atoms with van der Waals surface area (Å²) in [4.78, 5) is 0. The molecule has 7 heteroatoms. The predicted molar refractivity (Wildman–Crippen MR) is 139 cm³/mol. The number of aryl methyl sites for hydroxylation is 1. The summed E-state index contributed by atoms with van der Waals surface area (Å²) in [5, 5.41) is 11.0. The van der Waals surface area contributed by atoms with E-state index in [0.717, 1.165) is 18.4 Å². The van der Waals surface area contributed by atoms with E-state index in [4.69, 9.17) is 28.4 Å². The molecule has 0 saturated carbocycles. The Morgan fingerprint density at radius 3 is 2.00 bits per heavy atom. The summed E-state index contributed by atoms with van der Waals surface area (Å²) in [6.07, 6.45) is 0.241. The largest absolute Gasteiger partial charge is 0.493 e. The Labute approximate surface area is 213 Å². The second-order valence-electron chi connectivity index (χ2n) is 8.35. The first-order valence-electron chi connectivity index (χ1n) is 11.9. The molecular weight excluding hydrogens is 460 g/mol. The van der Waals surface area contributed by atoms with Gasteiger partial charge in [0.15, 0.2) is 23.0 Å². The van der Waals surface area contributed by atoms with E-state index in [-0.39, 0.29) is 0 Å². The van der Waals surface area contributed by atoms with E-state index in [1.165, 1.54) is 26.9 Å². The summed E-state index contributed by atoms with van der Waals surface area (Å²) in [6, 6.07) is 19.4. The SMILES string of the molecule is COc1cc(CCCOCc2ccccc2)ccc1O[C@H](C)C(O)c1cc(OC)c(OC)c(OC)c1. The highest BCUT2D eigenvalue weighted by Gasteiger charge is 2.24. The van der Waals surface area contributed by atoms with Crippen molar-refractivity contribution >= 4 is 0 Å². The van der Waals surface area contributed by atoms with Gasteiger partial charge in [0.05, 0.1) is 35.0 Å². The minimum atomic E-state index is -0.940.